The van der Waals surface area contributed by atoms with Crippen LogP contribution in [0.2, 0.25) is 5.02 Å². The van der Waals surface area contributed by atoms with E-state index in [0.717, 1.165) is 14.5 Å². The molecule has 8 heteroatoms. The summed E-state index contributed by atoms with van der Waals surface area (Å²) in [5.74, 6) is -0.120. The fourth-order valence-corrected chi connectivity index (χ4v) is 3.81. The van der Waals surface area contributed by atoms with E-state index in [9.17, 15) is 9.59 Å². The molecule has 0 heterocycles. The normalized spacial score (nSPS) is 11.8. The SMILES string of the molecule is CC(C)NC(=O)[C@H](C)N(Cc1cccc(Br)c1)C(=O)COc1ccc(Br)cc1Cl. The molecular weight excluding hydrogens is 524 g/mol. The first-order valence-corrected chi connectivity index (χ1v) is 11.1. The number of benzene rings is 2. The predicted molar refractivity (Wildman–Crippen MR) is 122 cm³/mol. The molecule has 2 aromatic rings. The molecule has 0 saturated carbocycles. The molecule has 2 amide bonds. The Morgan fingerprint density at radius 2 is 1.79 bits per heavy atom. The van der Waals surface area contributed by atoms with Gasteiger partial charge in [0.1, 0.15) is 11.8 Å². The van der Waals surface area contributed by atoms with E-state index in [2.05, 4.69) is 37.2 Å². The van der Waals surface area contributed by atoms with Crippen molar-refractivity contribution in [3.8, 4) is 5.75 Å². The molecule has 0 saturated heterocycles. The number of nitrogens with zero attached hydrogens (tertiary/aromatic N) is 1. The van der Waals surface area contributed by atoms with Crippen molar-refractivity contribution in [1.82, 2.24) is 10.2 Å². The molecular formula is C21H23Br2ClN2O3. The van der Waals surface area contributed by atoms with Gasteiger partial charge in [0.05, 0.1) is 5.02 Å². The summed E-state index contributed by atoms with van der Waals surface area (Å²) in [4.78, 5) is 27.0. The van der Waals surface area contributed by atoms with E-state index in [1.54, 1.807) is 25.1 Å². The third-order valence-electron chi connectivity index (χ3n) is 4.09. The van der Waals surface area contributed by atoms with Crippen LogP contribution >= 0.6 is 43.5 Å². The highest BCUT2D eigenvalue weighted by Crippen LogP contribution is 2.27. The van der Waals surface area contributed by atoms with Crippen molar-refractivity contribution in [2.75, 3.05) is 6.61 Å². The molecule has 0 aliphatic carbocycles. The van der Waals surface area contributed by atoms with Crippen molar-refractivity contribution in [2.24, 2.45) is 0 Å². The van der Waals surface area contributed by atoms with Crippen molar-refractivity contribution >= 4 is 55.3 Å². The second kappa shape index (κ2) is 11.0. The lowest BCUT2D eigenvalue weighted by Crippen LogP contribution is -2.50. The van der Waals surface area contributed by atoms with Gasteiger partial charge >= 0.3 is 0 Å². The van der Waals surface area contributed by atoms with E-state index in [0.29, 0.717) is 10.8 Å². The Kier molecular flexibility index (Phi) is 8.99. The van der Waals surface area contributed by atoms with Gasteiger partial charge in [-0.05, 0) is 56.7 Å². The third kappa shape index (κ3) is 7.32. The van der Waals surface area contributed by atoms with Crippen LogP contribution in [0.1, 0.15) is 26.3 Å². The lowest BCUT2D eigenvalue weighted by atomic mass is 10.1. The summed E-state index contributed by atoms with van der Waals surface area (Å²) in [6.45, 7) is 5.52. The second-order valence-electron chi connectivity index (χ2n) is 6.85. The molecule has 1 atom stereocenters. The van der Waals surface area contributed by atoms with Gasteiger partial charge in [0, 0.05) is 21.5 Å². The topological polar surface area (TPSA) is 58.6 Å². The maximum Gasteiger partial charge on any atom is 0.261 e. The third-order valence-corrected chi connectivity index (χ3v) is 5.37. The molecule has 0 unspecified atom stereocenters. The maximum absolute atomic E-state index is 13.0. The molecule has 0 aliphatic rings. The van der Waals surface area contributed by atoms with Gasteiger partial charge in [-0.1, -0.05) is 55.6 Å². The van der Waals surface area contributed by atoms with Crippen LogP contribution in [-0.2, 0) is 16.1 Å². The summed E-state index contributed by atoms with van der Waals surface area (Å²) in [6, 6.07) is 12.1. The Morgan fingerprint density at radius 1 is 1.10 bits per heavy atom. The summed E-state index contributed by atoms with van der Waals surface area (Å²) >= 11 is 12.9. The Hall–Kier alpha value is -1.57. The monoisotopic (exact) mass is 544 g/mol. The largest absolute Gasteiger partial charge is 0.482 e. The minimum absolute atomic E-state index is 0.0226. The fourth-order valence-electron chi connectivity index (χ4n) is 2.63. The number of carbonyl (C=O) groups excluding carboxylic acids is 2. The molecule has 0 radical (unpaired) electrons. The fraction of sp³-hybridized carbons (Fsp3) is 0.333. The minimum atomic E-state index is -0.659. The van der Waals surface area contributed by atoms with Crippen molar-refractivity contribution in [2.45, 2.75) is 39.4 Å². The van der Waals surface area contributed by atoms with E-state index in [1.165, 1.54) is 4.90 Å². The smallest absolute Gasteiger partial charge is 0.261 e. The molecule has 0 spiro atoms. The van der Waals surface area contributed by atoms with Gasteiger partial charge in [-0.3, -0.25) is 9.59 Å². The van der Waals surface area contributed by atoms with E-state index >= 15 is 0 Å². The summed E-state index contributed by atoms with van der Waals surface area (Å²) in [7, 11) is 0. The first kappa shape index (κ1) is 23.7. The number of ether oxygens (including phenoxy) is 1. The lowest BCUT2D eigenvalue weighted by Gasteiger charge is -2.29. The molecule has 29 heavy (non-hydrogen) atoms. The van der Waals surface area contributed by atoms with Crippen molar-refractivity contribution in [3.63, 3.8) is 0 Å². The van der Waals surface area contributed by atoms with Crippen LogP contribution in [0.4, 0.5) is 0 Å². The molecule has 2 aromatic carbocycles. The van der Waals surface area contributed by atoms with E-state index in [-0.39, 0.29) is 31.0 Å². The van der Waals surface area contributed by atoms with Gasteiger partial charge in [0.15, 0.2) is 6.61 Å². The van der Waals surface area contributed by atoms with Crippen LogP contribution in [0.5, 0.6) is 5.75 Å². The number of hydrogen-bond donors (Lipinski definition) is 1. The van der Waals surface area contributed by atoms with Gasteiger partial charge < -0.3 is 15.0 Å². The lowest BCUT2D eigenvalue weighted by molar-refractivity contribution is -0.142. The molecule has 0 bridgehead atoms. The van der Waals surface area contributed by atoms with Crippen LogP contribution in [-0.4, -0.2) is 35.4 Å². The number of rotatable bonds is 8. The van der Waals surface area contributed by atoms with E-state index < -0.39 is 6.04 Å². The second-order valence-corrected chi connectivity index (χ2v) is 9.09. The zero-order valence-electron chi connectivity index (χ0n) is 16.4. The Labute approximate surface area is 193 Å². The number of amides is 2. The molecule has 0 fully saturated rings. The summed E-state index contributed by atoms with van der Waals surface area (Å²) in [5.41, 5.74) is 0.901. The average Bonchev–Trinajstić information content (AvgIpc) is 2.64. The zero-order valence-corrected chi connectivity index (χ0v) is 20.3. The molecule has 1 N–H and O–H groups in total. The highest BCUT2D eigenvalue weighted by atomic mass is 79.9. The number of carbonyl (C=O) groups is 2. The van der Waals surface area contributed by atoms with Gasteiger partial charge in [0.2, 0.25) is 5.91 Å². The standard InChI is InChI=1S/C21H23Br2ClN2O3/c1-13(2)25-21(28)14(3)26(11-15-5-4-6-16(22)9-15)20(27)12-29-19-8-7-17(23)10-18(19)24/h4-10,13-14H,11-12H2,1-3H3,(H,25,28)/t14-/m0/s1. The highest BCUT2D eigenvalue weighted by Gasteiger charge is 2.27. The molecule has 0 aliphatic heterocycles. The molecule has 156 valence electrons. The number of halogens is 3. The number of nitrogens with one attached hydrogen (secondary N) is 1. The van der Waals surface area contributed by atoms with Crippen LogP contribution in [0, 0.1) is 0 Å². The van der Waals surface area contributed by atoms with Gasteiger partial charge in [-0.15, -0.1) is 0 Å². The van der Waals surface area contributed by atoms with Crippen LogP contribution in [0.15, 0.2) is 51.4 Å². The summed E-state index contributed by atoms with van der Waals surface area (Å²) < 4.78 is 7.34. The maximum atomic E-state index is 13.0. The van der Waals surface area contributed by atoms with Crippen molar-refractivity contribution < 1.29 is 14.3 Å². The highest BCUT2D eigenvalue weighted by molar-refractivity contribution is 9.10. The Balaban J connectivity index is 2.17. The quantitative estimate of drug-likeness (QED) is 0.496. The Bertz CT molecular complexity index is 877. The molecule has 0 aromatic heterocycles. The van der Waals surface area contributed by atoms with E-state index in [1.807, 2.05) is 38.1 Å². The van der Waals surface area contributed by atoms with E-state index in [4.69, 9.17) is 16.3 Å². The summed E-state index contributed by atoms with van der Waals surface area (Å²) in [6.07, 6.45) is 0. The first-order chi connectivity index (χ1) is 13.7. The van der Waals surface area contributed by atoms with Gasteiger partial charge in [-0.2, -0.15) is 0 Å². The van der Waals surface area contributed by atoms with Crippen LogP contribution < -0.4 is 10.1 Å². The number of hydrogen-bond acceptors (Lipinski definition) is 3. The molecule has 5 nitrogen and oxygen atoms in total. The average molecular weight is 547 g/mol. The Morgan fingerprint density at radius 3 is 2.41 bits per heavy atom. The summed E-state index contributed by atoms with van der Waals surface area (Å²) in [5, 5.41) is 3.25. The predicted octanol–water partition coefficient (Wildman–Crippen LogP) is 5.19. The van der Waals surface area contributed by atoms with Gasteiger partial charge in [0.25, 0.3) is 5.91 Å². The first-order valence-electron chi connectivity index (χ1n) is 9.09. The zero-order chi connectivity index (χ0) is 21.6. The van der Waals surface area contributed by atoms with Crippen molar-refractivity contribution in [3.05, 3.63) is 62.0 Å². The van der Waals surface area contributed by atoms with Gasteiger partial charge in [-0.25, -0.2) is 0 Å². The minimum Gasteiger partial charge on any atom is -0.482 e. The molecule has 2 rings (SSSR count). The van der Waals surface area contributed by atoms with Crippen LogP contribution in [0.3, 0.4) is 0 Å². The van der Waals surface area contributed by atoms with Crippen molar-refractivity contribution in [1.29, 1.82) is 0 Å². The van der Waals surface area contributed by atoms with Crippen LogP contribution in [0.25, 0.3) is 0 Å².